The molecule has 1 amide bonds. The van der Waals surface area contributed by atoms with E-state index in [4.69, 9.17) is 10.4 Å². The normalized spacial score (nSPS) is 9.55. The minimum absolute atomic E-state index is 0.0366. The topological polar surface area (TPSA) is 103 Å². The van der Waals surface area contributed by atoms with E-state index in [9.17, 15) is 9.59 Å². The van der Waals surface area contributed by atoms with Crippen LogP contribution in [-0.2, 0) is 0 Å². The van der Waals surface area contributed by atoms with E-state index in [0.717, 1.165) is 6.20 Å². The first-order chi connectivity index (χ1) is 9.60. The molecule has 1 heterocycles. The number of nitrogens with zero attached hydrogens (tertiary/aromatic N) is 2. The lowest BCUT2D eigenvalue weighted by atomic mass is 10.1. The van der Waals surface area contributed by atoms with Crippen LogP contribution in [0.15, 0.2) is 42.6 Å². The Hall–Kier alpha value is -3.20. The summed E-state index contributed by atoms with van der Waals surface area (Å²) in [6.07, 6.45) is 1.16. The molecule has 0 aliphatic carbocycles. The molecule has 2 rings (SSSR count). The molecule has 0 bridgehead atoms. The fourth-order valence-corrected chi connectivity index (χ4v) is 1.51. The number of carbonyl (C=O) groups excluding carboxylic acids is 1. The van der Waals surface area contributed by atoms with Crippen LogP contribution in [0.1, 0.15) is 26.3 Å². The summed E-state index contributed by atoms with van der Waals surface area (Å²) in [5, 5.41) is 20.0. The van der Waals surface area contributed by atoms with E-state index in [2.05, 4.69) is 10.3 Å². The molecule has 0 spiro atoms. The molecule has 0 unspecified atom stereocenters. The van der Waals surface area contributed by atoms with Gasteiger partial charge in [0.25, 0.3) is 5.91 Å². The summed E-state index contributed by atoms with van der Waals surface area (Å²) < 4.78 is 0. The lowest BCUT2D eigenvalue weighted by molar-refractivity contribution is 0.0696. The number of nitriles is 1. The molecular formula is C14H9N3O3. The lowest BCUT2D eigenvalue weighted by Crippen LogP contribution is -2.13. The Balaban J connectivity index is 2.15. The third-order valence-corrected chi connectivity index (χ3v) is 2.51. The van der Waals surface area contributed by atoms with Gasteiger partial charge in [-0.1, -0.05) is 6.07 Å². The number of pyridine rings is 1. The molecule has 1 aromatic carbocycles. The Morgan fingerprint density at radius 2 is 2.00 bits per heavy atom. The van der Waals surface area contributed by atoms with Gasteiger partial charge in [-0.05, 0) is 30.3 Å². The minimum atomic E-state index is -1.09. The summed E-state index contributed by atoms with van der Waals surface area (Å²) in [6, 6.07) is 10.9. The number of amides is 1. The summed E-state index contributed by atoms with van der Waals surface area (Å²) in [4.78, 5) is 26.4. The van der Waals surface area contributed by atoms with Crippen LogP contribution in [-0.4, -0.2) is 22.0 Å². The highest BCUT2D eigenvalue weighted by Crippen LogP contribution is 2.09. The summed E-state index contributed by atoms with van der Waals surface area (Å²) in [5.74, 6) is -1.27. The number of carboxylic acid groups (broad SMARTS) is 1. The van der Waals surface area contributed by atoms with Crippen LogP contribution in [0.5, 0.6) is 0 Å². The fraction of sp³-hybridized carbons (Fsp3) is 0. The molecule has 0 aliphatic rings. The molecule has 0 radical (unpaired) electrons. The van der Waals surface area contributed by atoms with E-state index >= 15 is 0 Å². The molecule has 0 atom stereocenters. The second-order valence-corrected chi connectivity index (χ2v) is 3.88. The van der Waals surface area contributed by atoms with E-state index in [0.29, 0.717) is 11.1 Å². The van der Waals surface area contributed by atoms with Crippen LogP contribution in [0, 0.1) is 11.3 Å². The smallest absolute Gasteiger partial charge is 0.337 e. The number of carbonyl (C=O) groups is 2. The maximum absolute atomic E-state index is 11.9. The van der Waals surface area contributed by atoms with Gasteiger partial charge in [0.2, 0.25) is 0 Å². The third-order valence-electron chi connectivity index (χ3n) is 2.51. The zero-order chi connectivity index (χ0) is 14.5. The first-order valence-corrected chi connectivity index (χ1v) is 5.61. The molecular weight excluding hydrogens is 258 g/mol. The monoisotopic (exact) mass is 267 g/mol. The van der Waals surface area contributed by atoms with E-state index < -0.39 is 11.9 Å². The molecule has 6 heteroatoms. The molecule has 0 saturated carbocycles. The van der Waals surface area contributed by atoms with E-state index in [1.54, 1.807) is 18.2 Å². The summed E-state index contributed by atoms with van der Waals surface area (Å²) >= 11 is 0. The van der Waals surface area contributed by atoms with Crippen molar-refractivity contribution in [3.8, 4) is 6.07 Å². The molecule has 98 valence electrons. The van der Waals surface area contributed by atoms with Crippen molar-refractivity contribution in [1.29, 1.82) is 5.26 Å². The van der Waals surface area contributed by atoms with Gasteiger partial charge >= 0.3 is 5.97 Å². The molecule has 1 aromatic heterocycles. The van der Waals surface area contributed by atoms with Crippen molar-refractivity contribution in [2.24, 2.45) is 0 Å². The van der Waals surface area contributed by atoms with Crippen molar-refractivity contribution in [3.63, 3.8) is 0 Å². The number of aromatic carboxylic acids is 1. The number of nitrogens with one attached hydrogen (secondary N) is 1. The predicted molar refractivity (Wildman–Crippen MR) is 70.3 cm³/mol. The molecule has 6 nitrogen and oxygen atoms in total. The van der Waals surface area contributed by atoms with Crippen LogP contribution < -0.4 is 5.32 Å². The second kappa shape index (κ2) is 5.63. The largest absolute Gasteiger partial charge is 0.478 e. The quantitative estimate of drug-likeness (QED) is 0.884. The maximum atomic E-state index is 11.9. The zero-order valence-electron chi connectivity index (χ0n) is 10.2. The summed E-state index contributed by atoms with van der Waals surface area (Å²) in [7, 11) is 0. The van der Waals surface area contributed by atoms with Gasteiger partial charge in [0, 0.05) is 11.8 Å². The zero-order valence-corrected chi connectivity index (χ0v) is 10.2. The van der Waals surface area contributed by atoms with Crippen LogP contribution in [0.4, 0.5) is 5.82 Å². The Morgan fingerprint density at radius 1 is 1.20 bits per heavy atom. The molecule has 20 heavy (non-hydrogen) atoms. The number of carboxylic acids is 1. The fourth-order valence-electron chi connectivity index (χ4n) is 1.51. The first-order valence-electron chi connectivity index (χ1n) is 5.61. The van der Waals surface area contributed by atoms with Gasteiger partial charge in [-0.2, -0.15) is 5.26 Å². The maximum Gasteiger partial charge on any atom is 0.337 e. The molecule has 2 N–H and O–H groups in total. The molecule has 2 aromatic rings. The van der Waals surface area contributed by atoms with Gasteiger partial charge in [-0.3, -0.25) is 4.79 Å². The second-order valence-electron chi connectivity index (χ2n) is 3.88. The number of benzene rings is 1. The average molecular weight is 267 g/mol. The van der Waals surface area contributed by atoms with Gasteiger partial charge in [0.1, 0.15) is 5.82 Å². The molecule has 0 fully saturated rings. The average Bonchev–Trinajstić information content (AvgIpc) is 2.47. The van der Waals surface area contributed by atoms with Crippen LogP contribution >= 0.6 is 0 Å². The van der Waals surface area contributed by atoms with Gasteiger partial charge < -0.3 is 10.4 Å². The van der Waals surface area contributed by atoms with Gasteiger partial charge in [0.15, 0.2) is 0 Å². The standard InChI is InChI=1S/C14H9N3O3/c15-7-9-2-1-3-10(6-9)13(18)17-12-5-4-11(8-16-12)14(19)20/h1-6,8H,(H,19,20)(H,16,17,18). The number of rotatable bonds is 3. The first kappa shape index (κ1) is 13.2. The summed E-state index contributed by atoms with van der Waals surface area (Å²) in [5.41, 5.74) is 0.745. The Labute approximate surface area is 114 Å². The highest BCUT2D eigenvalue weighted by molar-refractivity contribution is 6.04. The number of hydrogen-bond acceptors (Lipinski definition) is 4. The molecule has 0 saturated heterocycles. The Kier molecular flexibility index (Phi) is 3.72. The van der Waals surface area contributed by atoms with Crippen molar-refractivity contribution in [2.75, 3.05) is 5.32 Å². The Bertz CT molecular complexity index is 702. The Morgan fingerprint density at radius 3 is 2.60 bits per heavy atom. The molecule has 0 aliphatic heterocycles. The van der Waals surface area contributed by atoms with Crippen molar-refractivity contribution in [1.82, 2.24) is 4.98 Å². The highest BCUT2D eigenvalue weighted by Gasteiger charge is 2.08. The number of anilines is 1. The van der Waals surface area contributed by atoms with E-state index in [1.165, 1.54) is 18.2 Å². The van der Waals surface area contributed by atoms with Crippen molar-refractivity contribution >= 4 is 17.7 Å². The van der Waals surface area contributed by atoms with Crippen LogP contribution in [0.3, 0.4) is 0 Å². The van der Waals surface area contributed by atoms with Crippen molar-refractivity contribution in [3.05, 3.63) is 59.3 Å². The van der Waals surface area contributed by atoms with E-state index in [1.807, 2.05) is 6.07 Å². The SMILES string of the molecule is N#Cc1cccc(C(=O)Nc2ccc(C(=O)O)cn2)c1. The summed E-state index contributed by atoms with van der Waals surface area (Å²) in [6.45, 7) is 0. The van der Waals surface area contributed by atoms with Gasteiger partial charge in [0.05, 0.1) is 17.2 Å². The van der Waals surface area contributed by atoms with E-state index in [-0.39, 0.29) is 11.4 Å². The van der Waals surface area contributed by atoms with Crippen LogP contribution in [0.2, 0.25) is 0 Å². The van der Waals surface area contributed by atoms with Gasteiger partial charge in [-0.25, -0.2) is 9.78 Å². The van der Waals surface area contributed by atoms with Crippen molar-refractivity contribution < 1.29 is 14.7 Å². The van der Waals surface area contributed by atoms with Gasteiger partial charge in [-0.15, -0.1) is 0 Å². The number of aromatic nitrogens is 1. The lowest BCUT2D eigenvalue weighted by Gasteiger charge is -2.04. The predicted octanol–water partition coefficient (Wildman–Crippen LogP) is 1.90. The van der Waals surface area contributed by atoms with Crippen molar-refractivity contribution in [2.45, 2.75) is 0 Å². The van der Waals surface area contributed by atoms with Crippen LogP contribution in [0.25, 0.3) is 0 Å². The third kappa shape index (κ3) is 2.97. The highest BCUT2D eigenvalue weighted by atomic mass is 16.4. The number of hydrogen-bond donors (Lipinski definition) is 2. The minimum Gasteiger partial charge on any atom is -0.478 e.